The van der Waals surface area contributed by atoms with Crippen molar-refractivity contribution in [3.05, 3.63) is 65.4 Å². The van der Waals surface area contributed by atoms with Crippen LogP contribution in [0, 0.1) is 5.92 Å². The van der Waals surface area contributed by atoms with Crippen molar-refractivity contribution in [2.75, 3.05) is 25.6 Å². The Morgan fingerprint density at radius 1 is 1.15 bits per heavy atom. The number of Topliss-reactive ketones (excluding diaryl/α,β-unsaturated/α-hetero) is 1. The topological polar surface area (TPSA) is 104 Å². The van der Waals surface area contributed by atoms with E-state index in [0.717, 1.165) is 17.1 Å². The molecule has 8 nitrogen and oxygen atoms in total. The van der Waals surface area contributed by atoms with E-state index in [4.69, 9.17) is 4.74 Å². The summed E-state index contributed by atoms with van der Waals surface area (Å²) in [4.78, 5) is 27.6. The Kier molecular flexibility index (Phi) is 6.02. The fourth-order valence-electron chi connectivity index (χ4n) is 3.92. The van der Waals surface area contributed by atoms with Crippen molar-refractivity contribution in [2.24, 2.45) is 5.92 Å². The van der Waals surface area contributed by atoms with Crippen molar-refractivity contribution in [2.45, 2.75) is 30.7 Å². The van der Waals surface area contributed by atoms with Crippen LogP contribution in [-0.4, -0.2) is 50.2 Å². The number of aliphatic hydroxyl groups is 1. The van der Waals surface area contributed by atoms with Gasteiger partial charge in [0.05, 0.1) is 23.1 Å². The molecule has 1 aliphatic carbocycles. The highest BCUT2D eigenvalue weighted by atomic mass is 32.2. The molecule has 174 valence electrons. The van der Waals surface area contributed by atoms with Gasteiger partial charge in [-0.1, -0.05) is 18.2 Å². The van der Waals surface area contributed by atoms with E-state index in [-0.39, 0.29) is 27.9 Å². The second-order valence-electron chi connectivity index (χ2n) is 8.27. The number of carbonyl (C=O) groups excluding carboxylic acids is 2. The van der Waals surface area contributed by atoms with Crippen LogP contribution in [0.2, 0.25) is 0 Å². The summed E-state index contributed by atoms with van der Waals surface area (Å²) >= 11 is 0. The molecule has 1 saturated carbocycles. The molecular formula is C24H26N2O6S. The summed E-state index contributed by atoms with van der Waals surface area (Å²) in [5.74, 6) is -1.15. The second-order valence-corrected chi connectivity index (χ2v) is 10.4. The fourth-order valence-corrected chi connectivity index (χ4v) is 4.86. The van der Waals surface area contributed by atoms with Crippen LogP contribution in [0.5, 0.6) is 5.75 Å². The van der Waals surface area contributed by atoms with Gasteiger partial charge in [-0.15, -0.1) is 0 Å². The van der Waals surface area contributed by atoms with Crippen molar-refractivity contribution < 1.29 is 27.9 Å². The molecule has 1 N–H and O–H groups in total. The maximum atomic E-state index is 13.2. The summed E-state index contributed by atoms with van der Waals surface area (Å²) in [6, 6.07) is 12.0. The Morgan fingerprint density at radius 2 is 1.82 bits per heavy atom. The van der Waals surface area contributed by atoms with Gasteiger partial charge < -0.3 is 9.84 Å². The third-order valence-corrected chi connectivity index (χ3v) is 7.61. The predicted molar refractivity (Wildman–Crippen MR) is 123 cm³/mol. The maximum Gasteiger partial charge on any atom is 0.294 e. The van der Waals surface area contributed by atoms with Crippen molar-refractivity contribution in [1.82, 2.24) is 4.31 Å². The number of benzene rings is 2. The number of ether oxygens (including phenoxy) is 1. The third-order valence-electron chi connectivity index (χ3n) is 5.80. The van der Waals surface area contributed by atoms with Gasteiger partial charge in [-0.05, 0) is 55.7 Å². The minimum Gasteiger partial charge on any atom is -0.503 e. The second kappa shape index (κ2) is 8.64. The molecule has 1 heterocycles. The van der Waals surface area contributed by atoms with Crippen LogP contribution < -0.4 is 9.64 Å². The summed E-state index contributed by atoms with van der Waals surface area (Å²) in [5, 5.41) is 10.7. The van der Waals surface area contributed by atoms with Gasteiger partial charge >= 0.3 is 0 Å². The number of ketones is 1. The van der Waals surface area contributed by atoms with Gasteiger partial charge in [-0.2, -0.15) is 0 Å². The number of aliphatic hydroxyl groups excluding tert-OH is 1. The first-order valence-electron chi connectivity index (χ1n) is 10.7. The molecule has 0 bridgehead atoms. The summed E-state index contributed by atoms with van der Waals surface area (Å²) in [6.45, 7) is 2.36. The quantitative estimate of drug-likeness (QED) is 0.635. The summed E-state index contributed by atoms with van der Waals surface area (Å²) in [5.41, 5.74) is 0.931. The number of anilines is 1. The lowest BCUT2D eigenvalue weighted by Gasteiger charge is -2.27. The van der Waals surface area contributed by atoms with E-state index in [1.807, 2.05) is 6.92 Å². The zero-order valence-electron chi connectivity index (χ0n) is 18.7. The Bertz CT molecular complexity index is 1230. The highest BCUT2D eigenvalue weighted by Gasteiger charge is 2.47. The Morgan fingerprint density at radius 3 is 2.39 bits per heavy atom. The molecule has 1 amide bonds. The first-order valence-corrected chi connectivity index (χ1v) is 12.2. The molecule has 1 fully saturated rings. The van der Waals surface area contributed by atoms with Gasteiger partial charge in [-0.3, -0.25) is 14.5 Å². The molecule has 2 aromatic rings. The number of sulfonamides is 1. The number of carbonyl (C=O) groups is 2. The van der Waals surface area contributed by atoms with E-state index in [0.29, 0.717) is 17.9 Å². The molecular weight excluding hydrogens is 444 g/mol. The average molecular weight is 471 g/mol. The van der Waals surface area contributed by atoms with Gasteiger partial charge in [0.2, 0.25) is 10.0 Å². The Hall–Kier alpha value is -3.17. The lowest BCUT2D eigenvalue weighted by molar-refractivity contribution is -0.118. The van der Waals surface area contributed by atoms with Crippen LogP contribution in [-0.2, 0) is 19.6 Å². The van der Waals surface area contributed by atoms with Crippen LogP contribution in [0.4, 0.5) is 5.69 Å². The van der Waals surface area contributed by atoms with Crippen molar-refractivity contribution in [3.63, 3.8) is 0 Å². The molecule has 0 spiro atoms. The molecule has 33 heavy (non-hydrogen) atoms. The standard InChI is InChI=1S/C24H26N2O6S/c1-4-32-18-12-10-15(11-13-18)21-20(22(27)16-8-9-16)23(28)24(29)26(21)17-6-5-7-19(14-17)33(30,31)25(2)3/h5-7,10-14,16,21,28H,4,8-9H2,1-3H3/t21-/m1/s1. The molecule has 0 radical (unpaired) electrons. The van der Waals surface area contributed by atoms with E-state index in [2.05, 4.69) is 0 Å². The first-order chi connectivity index (χ1) is 15.7. The number of nitrogens with zero attached hydrogens (tertiary/aromatic N) is 2. The van der Waals surface area contributed by atoms with Gasteiger partial charge in [-0.25, -0.2) is 12.7 Å². The van der Waals surface area contributed by atoms with E-state index in [9.17, 15) is 23.1 Å². The lowest BCUT2D eigenvalue weighted by atomic mass is 9.94. The highest BCUT2D eigenvalue weighted by Crippen LogP contribution is 2.45. The van der Waals surface area contributed by atoms with Gasteiger partial charge in [0.25, 0.3) is 5.91 Å². The number of amides is 1. The van der Waals surface area contributed by atoms with E-state index in [1.54, 1.807) is 30.3 Å². The smallest absolute Gasteiger partial charge is 0.294 e. The van der Waals surface area contributed by atoms with Gasteiger partial charge in [0.1, 0.15) is 5.75 Å². The van der Waals surface area contributed by atoms with Crippen LogP contribution in [0.25, 0.3) is 0 Å². The normalized spacial score (nSPS) is 18.8. The predicted octanol–water partition coefficient (Wildman–Crippen LogP) is 3.21. The van der Waals surface area contributed by atoms with Crippen molar-refractivity contribution >= 4 is 27.4 Å². The Balaban J connectivity index is 1.83. The van der Waals surface area contributed by atoms with Crippen LogP contribution >= 0.6 is 0 Å². The van der Waals surface area contributed by atoms with Crippen LogP contribution in [0.3, 0.4) is 0 Å². The number of hydrogen-bond acceptors (Lipinski definition) is 6. The van der Waals surface area contributed by atoms with Crippen LogP contribution in [0.1, 0.15) is 31.4 Å². The zero-order chi connectivity index (χ0) is 23.9. The van der Waals surface area contributed by atoms with E-state index in [1.165, 1.54) is 37.2 Å². The number of hydrogen-bond donors (Lipinski definition) is 1. The summed E-state index contributed by atoms with van der Waals surface area (Å²) < 4.78 is 31.9. The highest BCUT2D eigenvalue weighted by molar-refractivity contribution is 7.89. The molecule has 0 saturated heterocycles. The molecule has 0 aromatic heterocycles. The zero-order valence-corrected chi connectivity index (χ0v) is 19.5. The largest absolute Gasteiger partial charge is 0.503 e. The van der Waals surface area contributed by atoms with E-state index < -0.39 is 27.7 Å². The molecule has 1 atom stereocenters. The lowest BCUT2D eigenvalue weighted by Crippen LogP contribution is -2.31. The molecule has 9 heteroatoms. The first kappa shape index (κ1) is 23.0. The van der Waals surface area contributed by atoms with Crippen molar-refractivity contribution in [1.29, 1.82) is 0 Å². The number of rotatable bonds is 8. The van der Waals surface area contributed by atoms with Gasteiger partial charge in [0.15, 0.2) is 11.5 Å². The van der Waals surface area contributed by atoms with E-state index >= 15 is 0 Å². The third kappa shape index (κ3) is 4.14. The minimum atomic E-state index is -3.75. The molecule has 0 unspecified atom stereocenters. The maximum absolute atomic E-state index is 13.2. The summed E-state index contributed by atoms with van der Waals surface area (Å²) in [6.07, 6.45) is 1.44. The molecule has 1 aliphatic heterocycles. The van der Waals surface area contributed by atoms with Crippen molar-refractivity contribution in [3.8, 4) is 5.75 Å². The SMILES string of the molecule is CCOc1ccc([C@@H]2C(C(=O)C3CC3)=C(O)C(=O)N2c2cccc(S(=O)(=O)N(C)C)c2)cc1. The monoisotopic (exact) mass is 470 g/mol. The average Bonchev–Trinajstić information content (AvgIpc) is 3.61. The molecule has 2 aromatic carbocycles. The minimum absolute atomic E-state index is 0.00435. The van der Waals surface area contributed by atoms with Gasteiger partial charge in [0, 0.05) is 25.7 Å². The fraction of sp³-hybridized carbons (Fsp3) is 0.333. The Labute approximate surface area is 193 Å². The summed E-state index contributed by atoms with van der Waals surface area (Å²) in [7, 11) is -0.907. The molecule has 2 aliphatic rings. The van der Waals surface area contributed by atoms with Crippen LogP contribution in [0.15, 0.2) is 64.8 Å². The molecule has 4 rings (SSSR count).